The summed E-state index contributed by atoms with van der Waals surface area (Å²) in [4.78, 5) is 0. The SMILES string of the molecule is [B]C([B])CC[B]C([B])C1CCC2C3CCC4CCCCC4C3CCC12S. The van der Waals surface area contributed by atoms with Gasteiger partial charge in [0.1, 0.15) is 7.28 Å². The zero-order valence-corrected chi connectivity index (χ0v) is 17.3. The molecule has 26 heavy (non-hydrogen) atoms. The van der Waals surface area contributed by atoms with Gasteiger partial charge in [-0.05, 0) is 80.5 Å². The predicted octanol–water partition coefficient (Wildman–Crippen LogP) is 4.82. The van der Waals surface area contributed by atoms with Crippen molar-refractivity contribution in [3.63, 3.8) is 0 Å². The maximum Gasteiger partial charge on any atom is 0.103 e. The standard InChI is InChI=1S/C21H33B4S/c22-19(23)10-12-25-20(24)18-8-7-17-16-6-5-13-3-1-2-4-14(13)15(16)9-11-21(17,18)26/h13-20,26H,1-12H2. The van der Waals surface area contributed by atoms with Crippen molar-refractivity contribution in [3.8, 4) is 0 Å². The van der Waals surface area contributed by atoms with Crippen LogP contribution >= 0.6 is 12.6 Å². The average molecular weight is 361 g/mol. The second-order valence-electron chi connectivity index (χ2n) is 9.99. The first-order valence-electron chi connectivity index (χ1n) is 11.3. The number of hydrogen-bond donors (Lipinski definition) is 1. The van der Waals surface area contributed by atoms with Crippen molar-refractivity contribution in [1.82, 2.24) is 0 Å². The molecular formula is C21H33B4S. The van der Waals surface area contributed by atoms with Gasteiger partial charge in [0.05, 0.1) is 23.5 Å². The lowest BCUT2D eigenvalue weighted by Crippen LogP contribution is -2.51. The zero-order chi connectivity index (χ0) is 18.3. The molecule has 7 radical (unpaired) electrons. The van der Waals surface area contributed by atoms with Gasteiger partial charge in [-0.2, -0.15) is 12.6 Å². The van der Waals surface area contributed by atoms with Crippen LogP contribution in [0.4, 0.5) is 0 Å². The number of thiol groups is 1. The summed E-state index contributed by atoms with van der Waals surface area (Å²) in [5.41, 5.74) is -0.0697. The third kappa shape index (κ3) is 3.61. The summed E-state index contributed by atoms with van der Waals surface area (Å²) in [5, 5.41) is 0. The Balaban J connectivity index is 1.42. The highest BCUT2D eigenvalue weighted by Crippen LogP contribution is 2.64. The monoisotopic (exact) mass is 361 g/mol. The van der Waals surface area contributed by atoms with E-state index in [1.54, 1.807) is 0 Å². The van der Waals surface area contributed by atoms with Gasteiger partial charge in [0, 0.05) is 4.75 Å². The summed E-state index contributed by atoms with van der Waals surface area (Å²) >= 11 is 5.39. The van der Waals surface area contributed by atoms with Crippen LogP contribution in [0.25, 0.3) is 0 Å². The van der Waals surface area contributed by atoms with Crippen LogP contribution in [0, 0.1) is 35.5 Å². The molecule has 4 aliphatic rings. The van der Waals surface area contributed by atoms with E-state index in [2.05, 4.69) is 7.28 Å². The van der Waals surface area contributed by atoms with Crippen LogP contribution in [0.2, 0.25) is 17.8 Å². The molecule has 135 valence electrons. The van der Waals surface area contributed by atoms with E-state index in [0.29, 0.717) is 5.92 Å². The molecule has 0 aromatic rings. The topological polar surface area (TPSA) is 0 Å². The van der Waals surface area contributed by atoms with Crippen molar-refractivity contribution in [1.29, 1.82) is 0 Å². The quantitative estimate of drug-likeness (QED) is 0.527. The van der Waals surface area contributed by atoms with Gasteiger partial charge in [-0.3, -0.25) is 0 Å². The Kier molecular flexibility index (Phi) is 6.24. The Hall–Kier alpha value is 0.610. The fourth-order valence-electron chi connectivity index (χ4n) is 7.68. The molecular weight excluding hydrogens is 328 g/mol. The van der Waals surface area contributed by atoms with Gasteiger partial charge in [-0.25, -0.2) is 0 Å². The Labute approximate surface area is 172 Å². The molecule has 0 nitrogen and oxygen atoms in total. The smallest absolute Gasteiger partial charge is 0.103 e. The molecule has 0 saturated heterocycles. The maximum atomic E-state index is 6.65. The minimum Gasteiger partial charge on any atom is -0.172 e. The molecule has 5 heteroatoms. The maximum absolute atomic E-state index is 6.65. The van der Waals surface area contributed by atoms with Crippen LogP contribution in [-0.2, 0) is 0 Å². The normalized spacial score (nSPS) is 46.2. The van der Waals surface area contributed by atoms with Gasteiger partial charge < -0.3 is 0 Å². The summed E-state index contributed by atoms with van der Waals surface area (Å²) < 4.78 is 0.170. The molecule has 4 fully saturated rings. The summed E-state index contributed by atoms with van der Waals surface area (Å²) in [6.07, 6.45) is 16.0. The molecule has 4 saturated carbocycles. The van der Waals surface area contributed by atoms with Gasteiger partial charge >= 0.3 is 0 Å². The number of fused-ring (bicyclic) bond motifs is 5. The van der Waals surface area contributed by atoms with Crippen LogP contribution in [0.5, 0.6) is 0 Å². The minimum absolute atomic E-state index is 0.152. The summed E-state index contributed by atoms with van der Waals surface area (Å²) in [6, 6.07) is 0. The van der Waals surface area contributed by atoms with Crippen LogP contribution in [0.3, 0.4) is 0 Å². The number of rotatable bonds is 5. The van der Waals surface area contributed by atoms with Crippen molar-refractivity contribution >= 4 is 43.4 Å². The first kappa shape index (κ1) is 19.9. The lowest BCUT2D eigenvalue weighted by molar-refractivity contribution is -0.0142. The molecule has 0 amide bonds. The van der Waals surface area contributed by atoms with E-state index in [-0.39, 0.29) is 16.2 Å². The van der Waals surface area contributed by atoms with E-state index in [0.717, 1.165) is 42.3 Å². The third-order valence-electron chi connectivity index (χ3n) is 8.81. The third-order valence-corrected chi connectivity index (χ3v) is 9.70. The zero-order valence-electron chi connectivity index (χ0n) is 16.4. The summed E-state index contributed by atoms with van der Waals surface area (Å²) in [7, 11) is 20.3. The molecule has 0 N–H and O–H groups in total. The Morgan fingerprint density at radius 3 is 2.50 bits per heavy atom. The fourth-order valence-corrected chi connectivity index (χ4v) is 8.43. The van der Waals surface area contributed by atoms with Crippen LogP contribution in [0.1, 0.15) is 70.6 Å². The molecule has 0 aromatic heterocycles. The molecule has 8 atom stereocenters. The molecule has 4 rings (SSSR count). The highest BCUT2D eigenvalue weighted by Gasteiger charge is 2.57. The van der Waals surface area contributed by atoms with E-state index < -0.39 is 0 Å². The highest BCUT2D eigenvalue weighted by molar-refractivity contribution is 7.81. The summed E-state index contributed by atoms with van der Waals surface area (Å²) in [6.45, 7) is 0. The van der Waals surface area contributed by atoms with E-state index in [1.807, 2.05) is 0 Å². The lowest BCUT2D eigenvalue weighted by atomic mass is 9.44. The first-order valence-corrected chi connectivity index (χ1v) is 11.8. The van der Waals surface area contributed by atoms with Crippen molar-refractivity contribution in [3.05, 3.63) is 0 Å². The van der Waals surface area contributed by atoms with Gasteiger partial charge in [0.15, 0.2) is 0 Å². The van der Waals surface area contributed by atoms with E-state index >= 15 is 0 Å². The first-order chi connectivity index (χ1) is 12.5. The minimum atomic E-state index is -0.221. The predicted molar refractivity (Wildman–Crippen MR) is 119 cm³/mol. The van der Waals surface area contributed by atoms with Gasteiger partial charge in [-0.15, -0.1) is 5.72 Å². The van der Waals surface area contributed by atoms with E-state index in [4.69, 9.17) is 36.2 Å². The second-order valence-corrected chi connectivity index (χ2v) is 10.8. The molecule has 0 aliphatic heterocycles. The van der Waals surface area contributed by atoms with Crippen molar-refractivity contribution < 1.29 is 0 Å². The lowest BCUT2D eigenvalue weighted by Gasteiger charge is -2.56. The van der Waals surface area contributed by atoms with Crippen LogP contribution < -0.4 is 0 Å². The van der Waals surface area contributed by atoms with Crippen molar-refractivity contribution in [2.45, 2.75) is 93.1 Å². The molecule has 0 bridgehead atoms. The second kappa shape index (κ2) is 8.16. The van der Waals surface area contributed by atoms with Crippen molar-refractivity contribution in [2.75, 3.05) is 0 Å². The number of hydrogen-bond acceptors (Lipinski definition) is 1. The Morgan fingerprint density at radius 1 is 0.885 bits per heavy atom. The van der Waals surface area contributed by atoms with Gasteiger partial charge in [-0.1, -0.05) is 37.7 Å². The van der Waals surface area contributed by atoms with Gasteiger partial charge in [0.2, 0.25) is 0 Å². The van der Waals surface area contributed by atoms with Gasteiger partial charge in [0.25, 0.3) is 0 Å². The molecule has 4 aliphatic carbocycles. The average Bonchev–Trinajstić information content (AvgIpc) is 2.98. The highest BCUT2D eigenvalue weighted by atomic mass is 32.1. The Morgan fingerprint density at radius 2 is 1.69 bits per heavy atom. The van der Waals surface area contributed by atoms with Crippen LogP contribution in [-0.4, -0.2) is 35.6 Å². The molecule has 0 aromatic carbocycles. The van der Waals surface area contributed by atoms with Crippen molar-refractivity contribution in [2.24, 2.45) is 35.5 Å². The molecule has 8 unspecified atom stereocenters. The fraction of sp³-hybridized carbons (Fsp3) is 1.00. The van der Waals surface area contributed by atoms with Crippen LogP contribution in [0.15, 0.2) is 0 Å². The molecule has 0 heterocycles. The molecule has 0 spiro atoms. The Bertz CT molecular complexity index is 487. The largest absolute Gasteiger partial charge is 0.172 e. The summed E-state index contributed by atoms with van der Waals surface area (Å²) in [5.74, 6) is 5.34. The van der Waals surface area contributed by atoms with E-state index in [9.17, 15) is 0 Å². The van der Waals surface area contributed by atoms with E-state index in [1.165, 1.54) is 64.2 Å².